The van der Waals surface area contributed by atoms with Crippen molar-refractivity contribution in [2.75, 3.05) is 20.3 Å². The zero-order chi connectivity index (χ0) is 29.1. The Kier molecular flexibility index (Phi) is 9.28. The summed E-state index contributed by atoms with van der Waals surface area (Å²) in [7, 11) is -1.38. The van der Waals surface area contributed by atoms with E-state index in [-0.39, 0.29) is 18.1 Å². The molecule has 0 saturated carbocycles. The number of hydrogen-bond donors (Lipinski definition) is 3. The lowest BCUT2D eigenvalue weighted by atomic mass is 9.91. The van der Waals surface area contributed by atoms with Crippen LogP contribution in [-0.4, -0.2) is 66.7 Å². The number of aromatic amines is 1. The second kappa shape index (κ2) is 12.3. The Bertz CT molecular complexity index is 1330. The molecule has 3 N–H and O–H groups in total. The van der Waals surface area contributed by atoms with Crippen LogP contribution >= 0.6 is 0 Å². The topological polar surface area (TPSA) is 123 Å². The van der Waals surface area contributed by atoms with Crippen LogP contribution in [0.4, 0.5) is 0 Å². The minimum Gasteiger partial charge on any atom is -0.405 e. The lowest BCUT2D eigenvalue weighted by Gasteiger charge is -2.43. The van der Waals surface area contributed by atoms with E-state index in [1.807, 2.05) is 36.4 Å². The van der Waals surface area contributed by atoms with Crippen LogP contribution in [0, 0.1) is 12.8 Å². The van der Waals surface area contributed by atoms with Crippen molar-refractivity contribution in [2.45, 2.75) is 63.7 Å². The van der Waals surface area contributed by atoms with Crippen molar-refractivity contribution < 1.29 is 24.1 Å². The summed E-state index contributed by atoms with van der Waals surface area (Å²) in [4.78, 5) is 27.2. The summed E-state index contributed by atoms with van der Waals surface area (Å²) in [5.74, 6) is -0.408. The highest BCUT2D eigenvalue weighted by Crippen LogP contribution is 2.41. The van der Waals surface area contributed by atoms with Crippen LogP contribution in [-0.2, 0) is 13.9 Å². The normalized spacial score (nSPS) is 22.4. The average molecular weight is 569 g/mol. The number of nitrogens with zero attached hydrogens (tertiary/aromatic N) is 1. The number of ether oxygens (including phenoxy) is 2. The second-order valence-electron chi connectivity index (χ2n) is 11.5. The minimum absolute atomic E-state index is 0.170. The molecule has 2 aromatic carbocycles. The van der Waals surface area contributed by atoms with Crippen molar-refractivity contribution in [2.24, 2.45) is 5.92 Å². The average Bonchev–Trinajstić information content (AvgIpc) is 3.28. The fourth-order valence-corrected chi connectivity index (χ4v) is 10.4. The van der Waals surface area contributed by atoms with Crippen LogP contribution < -0.4 is 21.6 Å². The number of methoxy groups -OCH3 is 1. The Labute approximate surface area is 235 Å². The SMILES string of the molecule is COC1C(CC(O)CO)[C@@H](CO[Si](c2ccccc2)(c2ccccc2)C(C)(C)C)OC1n1cc(C)c(=O)[nH]c1=O. The number of aliphatic hydroxyl groups excluding tert-OH is 2. The fraction of sp³-hybridized carbons (Fsp3) is 0.467. The van der Waals surface area contributed by atoms with Gasteiger partial charge in [-0.2, -0.15) is 0 Å². The van der Waals surface area contributed by atoms with E-state index in [1.54, 1.807) is 6.92 Å². The van der Waals surface area contributed by atoms with Gasteiger partial charge in [-0.3, -0.25) is 14.3 Å². The summed E-state index contributed by atoms with van der Waals surface area (Å²) in [5.41, 5.74) is -0.721. The number of aryl methyl sites for hydroxylation is 1. The number of nitrogens with one attached hydrogen (secondary N) is 1. The Morgan fingerprint density at radius 1 is 1.05 bits per heavy atom. The maximum Gasteiger partial charge on any atom is 0.330 e. The van der Waals surface area contributed by atoms with Crippen LogP contribution in [0.2, 0.25) is 5.04 Å². The molecule has 0 radical (unpaired) electrons. The van der Waals surface area contributed by atoms with E-state index in [1.165, 1.54) is 17.9 Å². The van der Waals surface area contributed by atoms with Gasteiger partial charge in [0.2, 0.25) is 0 Å². The maximum absolute atomic E-state index is 12.8. The summed E-state index contributed by atoms with van der Waals surface area (Å²) in [5, 5.41) is 22.1. The molecular weight excluding hydrogens is 528 g/mol. The molecule has 10 heteroatoms. The van der Waals surface area contributed by atoms with Crippen molar-refractivity contribution in [1.82, 2.24) is 9.55 Å². The minimum atomic E-state index is -2.90. The van der Waals surface area contributed by atoms with Crippen molar-refractivity contribution >= 4 is 18.7 Å². The molecule has 2 heterocycles. The largest absolute Gasteiger partial charge is 0.405 e. The lowest BCUT2D eigenvalue weighted by Crippen LogP contribution is -2.67. The van der Waals surface area contributed by atoms with Gasteiger partial charge in [-0.15, -0.1) is 0 Å². The number of H-pyrrole nitrogens is 1. The van der Waals surface area contributed by atoms with Crippen molar-refractivity contribution in [3.8, 4) is 0 Å². The predicted molar refractivity (Wildman–Crippen MR) is 156 cm³/mol. The highest BCUT2D eigenvalue weighted by molar-refractivity contribution is 6.99. The molecule has 4 rings (SSSR count). The molecule has 9 nitrogen and oxygen atoms in total. The fourth-order valence-electron chi connectivity index (χ4n) is 5.88. The molecule has 4 unspecified atom stereocenters. The van der Waals surface area contributed by atoms with E-state index in [2.05, 4.69) is 50.0 Å². The Balaban J connectivity index is 1.77. The molecule has 1 fully saturated rings. The number of hydrogen-bond acceptors (Lipinski definition) is 7. The number of benzene rings is 2. The first-order valence-electron chi connectivity index (χ1n) is 13.6. The Hall–Kier alpha value is -2.86. The molecule has 1 saturated heterocycles. The van der Waals surface area contributed by atoms with Gasteiger partial charge < -0.3 is 24.1 Å². The second-order valence-corrected chi connectivity index (χ2v) is 15.8. The van der Waals surface area contributed by atoms with Gasteiger partial charge >= 0.3 is 5.69 Å². The van der Waals surface area contributed by atoms with Gasteiger partial charge in [0, 0.05) is 24.8 Å². The molecule has 0 bridgehead atoms. The molecule has 0 spiro atoms. The summed E-state index contributed by atoms with van der Waals surface area (Å²) in [6.45, 7) is 7.92. The van der Waals surface area contributed by atoms with Gasteiger partial charge in [0.05, 0.1) is 25.4 Å². The van der Waals surface area contributed by atoms with Gasteiger partial charge in [0.25, 0.3) is 13.9 Å². The molecule has 3 aromatic rings. The first-order chi connectivity index (χ1) is 19.0. The standard InChI is InChI=1S/C30H40N2O7Si/c1-20-17-32(29(36)31-27(20)35)28-26(37-5)24(16-21(34)18-33)25(39-28)19-38-40(30(2,3)4,22-12-8-6-9-13-22)23-14-10-7-11-15-23/h6-15,17,21,24-26,28,33-34H,16,18-19H2,1-5H3,(H,31,35,36)/t21?,24?,25-,26?,28?/m1/s1. The maximum atomic E-state index is 12.8. The van der Waals surface area contributed by atoms with E-state index in [9.17, 15) is 19.8 Å². The summed E-state index contributed by atoms with van der Waals surface area (Å²) in [6, 6.07) is 20.5. The van der Waals surface area contributed by atoms with E-state index in [0.717, 1.165) is 10.4 Å². The van der Waals surface area contributed by atoms with Crippen LogP contribution in [0.1, 0.15) is 39.0 Å². The molecule has 216 valence electrons. The van der Waals surface area contributed by atoms with Gasteiger partial charge in [-0.25, -0.2) is 4.79 Å². The van der Waals surface area contributed by atoms with Crippen LogP contribution in [0.25, 0.3) is 0 Å². The third-order valence-electron chi connectivity index (χ3n) is 7.82. The molecule has 0 aliphatic carbocycles. The molecule has 40 heavy (non-hydrogen) atoms. The zero-order valence-electron chi connectivity index (χ0n) is 23.7. The first kappa shape index (κ1) is 30.1. The van der Waals surface area contributed by atoms with Crippen molar-refractivity contribution in [3.63, 3.8) is 0 Å². The van der Waals surface area contributed by atoms with Crippen molar-refractivity contribution in [1.29, 1.82) is 0 Å². The van der Waals surface area contributed by atoms with Gasteiger partial charge in [0.15, 0.2) is 6.23 Å². The van der Waals surface area contributed by atoms with E-state index in [4.69, 9.17) is 13.9 Å². The monoisotopic (exact) mass is 568 g/mol. The molecule has 1 aliphatic heterocycles. The molecule has 0 amide bonds. The van der Waals surface area contributed by atoms with Crippen molar-refractivity contribution in [3.05, 3.63) is 93.3 Å². The van der Waals surface area contributed by atoms with E-state index in [0.29, 0.717) is 5.56 Å². The number of rotatable bonds is 10. The number of aliphatic hydroxyl groups is 2. The predicted octanol–water partition coefficient (Wildman–Crippen LogP) is 1.69. The number of aromatic nitrogens is 2. The Morgan fingerprint density at radius 3 is 2.12 bits per heavy atom. The highest BCUT2D eigenvalue weighted by Gasteiger charge is 2.53. The third-order valence-corrected chi connectivity index (χ3v) is 12.8. The molecular formula is C30H40N2O7Si. The van der Waals surface area contributed by atoms with Crippen LogP contribution in [0.15, 0.2) is 76.4 Å². The summed E-state index contributed by atoms with van der Waals surface area (Å²) < 4.78 is 20.8. The van der Waals surface area contributed by atoms with E-state index < -0.39 is 56.6 Å². The van der Waals surface area contributed by atoms with Crippen LogP contribution in [0.3, 0.4) is 0 Å². The quantitative estimate of drug-likeness (QED) is 0.318. The van der Waals surface area contributed by atoms with Gasteiger partial charge in [-0.05, 0) is 28.8 Å². The zero-order valence-corrected chi connectivity index (χ0v) is 24.7. The molecule has 1 aliphatic rings. The summed E-state index contributed by atoms with van der Waals surface area (Å²) in [6.07, 6.45) is -1.44. The first-order valence-corrected chi connectivity index (χ1v) is 15.5. The Morgan fingerprint density at radius 2 is 1.62 bits per heavy atom. The van der Waals surface area contributed by atoms with E-state index >= 15 is 0 Å². The van der Waals surface area contributed by atoms with Gasteiger partial charge in [-0.1, -0.05) is 81.4 Å². The van der Waals surface area contributed by atoms with Gasteiger partial charge in [0.1, 0.15) is 6.10 Å². The third kappa shape index (κ3) is 5.78. The molecule has 5 atom stereocenters. The highest BCUT2D eigenvalue weighted by atomic mass is 28.4. The molecule has 1 aromatic heterocycles. The lowest BCUT2D eigenvalue weighted by molar-refractivity contribution is -0.0611. The smallest absolute Gasteiger partial charge is 0.330 e. The van der Waals surface area contributed by atoms with Crippen LogP contribution in [0.5, 0.6) is 0 Å². The summed E-state index contributed by atoms with van der Waals surface area (Å²) >= 11 is 0.